The van der Waals surface area contributed by atoms with Gasteiger partial charge in [-0.15, -0.1) is 0 Å². The molecule has 1 fully saturated rings. The Morgan fingerprint density at radius 3 is 2.76 bits per heavy atom. The summed E-state index contributed by atoms with van der Waals surface area (Å²) in [5.74, 6) is 1.12. The van der Waals surface area contributed by atoms with Crippen LogP contribution in [0.4, 0.5) is 0 Å². The fraction of sp³-hybridized carbons (Fsp3) is 0.500. The number of nitrogens with zero attached hydrogens (tertiary/aromatic N) is 2. The average Bonchev–Trinajstić information content (AvgIpc) is 2.80. The van der Waals surface area contributed by atoms with Gasteiger partial charge in [-0.3, -0.25) is 0 Å². The van der Waals surface area contributed by atoms with Crippen molar-refractivity contribution in [2.45, 2.75) is 25.7 Å². The molecule has 3 rings (SSSR count). The standard InChI is InChI=1S/C14H19N3/c1-4-9-17(10-5-1)11-8-14-15-12-6-2-3-7-13(12)16-14/h2-3,6-7H,1,4-5,8-11H2,(H,15,16). The van der Waals surface area contributed by atoms with Gasteiger partial charge in [0.1, 0.15) is 5.82 Å². The van der Waals surface area contributed by atoms with Crippen LogP contribution in [-0.4, -0.2) is 34.5 Å². The normalized spacial score (nSPS) is 17.6. The zero-order chi connectivity index (χ0) is 11.5. The molecular weight excluding hydrogens is 210 g/mol. The molecule has 0 spiro atoms. The molecule has 0 saturated carbocycles. The van der Waals surface area contributed by atoms with Gasteiger partial charge in [-0.1, -0.05) is 18.6 Å². The third kappa shape index (κ3) is 2.50. The lowest BCUT2D eigenvalue weighted by Gasteiger charge is -2.25. The molecule has 1 N–H and O–H groups in total. The summed E-state index contributed by atoms with van der Waals surface area (Å²) in [6.07, 6.45) is 5.16. The van der Waals surface area contributed by atoms with Crippen LogP contribution >= 0.6 is 0 Å². The van der Waals surface area contributed by atoms with Gasteiger partial charge < -0.3 is 9.88 Å². The summed E-state index contributed by atoms with van der Waals surface area (Å²) in [4.78, 5) is 10.6. The van der Waals surface area contributed by atoms with E-state index < -0.39 is 0 Å². The van der Waals surface area contributed by atoms with Crippen LogP contribution in [0.3, 0.4) is 0 Å². The minimum atomic E-state index is 1.04. The molecule has 1 saturated heterocycles. The van der Waals surface area contributed by atoms with Gasteiger partial charge in [0.25, 0.3) is 0 Å². The highest BCUT2D eigenvalue weighted by Crippen LogP contribution is 2.12. The van der Waals surface area contributed by atoms with E-state index in [-0.39, 0.29) is 0 Å². The number of benzene rings is 1. The maximum Gasteiger partial charge on any atom is 0.108 e. The number of fused-ring (bicyclic) bond motifs is 1. The van der Waals surface area contributed by atoms with E-state index >= 15 is 0 Å². The largest absolute Gasteiger partial charge is 0.342 e. The zero-order valence-corrected chi connectivity index (χ0v) is 10.2. The number of imidazole rings is 1. The highest BCUT2D eigenvalue weighted by atomic mass is 15.1. The first-order chi connectivity index (χ1) is 8.42. The molecule has 2 heterocycles. The van der Waals surface area contributed by atoms with Gasteiger partial charge >= 0.3 is 0 Å². The number of hydrogen-bond acceptors (Lipinski definition) is 2. The number of rotatable bonds is 3. The Kier molecular flexibility index (Phi) is 3.10. The van der Waals surface area contributed by atoms with Crippen LogP contribution in [0.2, 0.25) is 0 Å². The van der Waals surface area contributed by atoms with Crippen LogP contribution < -0.4 is 0 Å². The number of piperidine rings is 1. The van der Waals surface area contributed by atoms with Crippen molar-refractivity contribution in [3.8, 4) is 0 Å². The third-order valence-electron chi connectivity index (χ3n) is 3.55. The van der Waals surface area contributed by atoms with E-state index in [1.807, 2.05) is 6.07 Å². The van der Waals surface area contributed by atoms with Gasteiger partial charge in [0.05, 0.1) is 11.0 Å². The number of hydrogen-bond donors (Lipinski definition) is 1. The number of likely N-dealkylation sites (tertiary alicyclic amines) is 1. The second-order valence-corrected chi connectivity index (χ2v) is 4.85. The number of nitrogens with one attached hydrogen (secondary N) is 1. The van der Waals surface area contributed by atoms with Crippen molar-refractivity contribution in [1.82, 2.24) is 14.9 Å². The van der Waals surface area contributed by atoms with Gasteiger partial charge in [0.15, 0.2) is 0 Å². The summed E-state index contributed by atoms with van der Waals surface area (Å²) in [6, 6.07) is 8.25. The lowest BCUT2D eigenvalue weighted by Crippen LogP contribution is -2.31. The lowest BCUT2D eigenvalue weighted by atomic mass is 10.1. The molecule has 0 atom stereocenters. The van der Waals surface area contributed by atoms with Crippen molar-refractivity contribution in [3.05, 3.63) is 30.1 Å². The molecule has 1 aliphatic heterocycles. The molecule has 0 bridgehead atoms. The fourth-order valence-corrected chi connectivity index (χ4v) is 2.57. The molecule has 0 radical (unpaired) electrons. The Morgan fingerprint density at radius 1 is 1.12 bits per heavy atom. The topological polar surface area (TPSA) is 31.9 Å². The van der Waals surface area contributed by atoms with E-state index in [1.54, 1.807) is 0 Å². The number of aromatic amines is 1. The molecule has 2 aromatic rings. The quantitative estimate of drug-likeness (QED) is 0.877. The molecule has 0 unspecified atom stereocenters. The first kappa shape index (κ1) is 10.8. The Bertz CT molecular complexity index is 450. The number of para-hydroxylation sites is 2. The molecule has 0 aliphatic carbocycles. The fourth-order valence-electron chi connectivity index (χ4n) is 2.57. The first-order valence-electron chi connectivity index (χ1n) is 6.58. The number of H-pyrrole nitrogens is 1. The zero-order valence-electron chi connectivity index (χ0n) is 10.2. The van der Waals surface area contributed by atoms with Crippen LogP contribution in [0, 0.1) is 0 Å². The highest BCUT2D eigenvalue weighted by Gasteiger charge is 2.10. The Hall–Kier alpha value is -1.35. The van der Waals surface area contributed by atoms with Gasteiger partial charge in [0.2, 0.25) is 0 Å². The average molecular weight is 229 g/mol. The van der Waals surface area contributed by atoms with Crippen molar-refractivity contribution >= 4 is 11.0 Å². The second kappa shape index (κ2) is 4.88. The predicted molar refractivity (Wildman–Crippen MR) is 70.1 cm³/mol. The Morgan fingerprint density at radius 2 is 1.94 bits per heavy atom. The van der Waals surface area contributed by atoms with Crippen LogP contribution in [0.5, 0.6) is 0 Å². The van der Waals surface area contributed by atoms with Gasteiger partial charge in [-0.05, 0) is 38.1 Å². The summed E-state index contributed by atoms with van der Waals surface area (Å²) in [5.41, 5.74) is 2.24. The van der Waals surface area contributed by atoms with Gasteiger partial charge in [-0.25, -0.2) is 4.98 Å². The lowest BCUT2D eigenvalue weighted by molar-refractivity contribution is 0.230. The third-order valence-corrected chi connectivity index (χ3v) is 3.55. The number of aromatic nitrogens is 2. The van der Waals surface area contributed by atoms with E-state index in [1.165, 1.54) is 32.4 Å². The van der Waals surface area contributed by atoms with E-state index in [2.05, 4.69) is 33.1 Å². The maximum absolute atomic E-state index is 4.61. The SMILES string of the molecule is c1ccc2[nH]c(CCN3CCCCC3)nc2c1. The molecule has 3 nitrogen and oxygen atoms in total. The van der Waals surface area contributed by atoms with Crippen LogP contribution in [0.15, 0.2) is 24.3 Å². The first-order valence-corrected chi connectivity index (χ1v) is 6.58. The summed E-state index contributed by atoms with van der Waals surface area (Å²) < 4.78 is 0. The molecule has 17 heavy (non-hydrogen) atoms. The summed E-state index contributed by atoms with van der Waals surface area (Å²) >= 11 is 0. The molecule has 0 amide bonds. The van der Waals surface area contributed by atoms with Crippen molar-refractivity contribution in [3.63, 3.8) is 0 Å². The highest BCUT2D eigenvalue weighted by molar-refractivity contribution is 5.74. The molecule has 1 aromatic carbocycles. The van der Waals surface area contributed by atoms with Crippen molar-refractivity contribution in [1.29, 1.82) is 0 Å². The summed E-state index contributed by atoms with van der Waals surface area (Å²) in [6.45, 7) is 3.67. The molecule has 1 aromatic heterocycles. The van der Waals surface area contributed by atoms with Crippen molar-refractivity contribution in [2.75, 3.05) is 19.6 Å². The predicted octanol–water partition coefficient (Wildman–Crippen LogP) is 2.59. The van der Waals surface area contributed by atoms with E-state index in [0.717, 1.165) is 29.8 Å². The van der Waals surface area contributed by atoms with Crippen LogP contribution in [0.25, 0.3) is 11.0 Å². The maximum atomic E-state index is 4.61. The Balaban J connectivity index is 1.64. The molecule has 90 valence electrons. The van der Waals surface area contributed by atoms with E-state index in [0.29, 0.717) is 0 Å². The van der Waals surface area contributed by atoms with Crippen LogP contribution in [0.1, 0.15) is 25.1 Å². The Labute approximate surface area is 102 Å². The second-order valence-electron chi connectivity index (χ2n) is 4.85. The molecule has 3 heteroatoms. The van der Waals surface area contributed by atoms with Gasteiger partial charge in [-0.2, -0.15) is 0 Å². The van der Waals surface area contributed by atoms with E-state index in [9.17, 15) is 0 Å². The summed E-state index contributed by atoms with van der Waals surface area (Å²) in [5, 5.41) is 0. The molecule has 1 aliphatic rings. The summed E-state index contributed by atoms with van der Waals surface area (Å²) in [7, 11) is 0. The smallest absolute Gasteiger partial charge is 0.108 e. The van der Waals surface area contributed by atoms with E-state index in [4.69, 9.17) is 0 Å². The van der Waals surface area contributed by atoms with Crippen LogP contribution in [-0.2, 0) is 6.42 Å². The minimum Gasteiger partial charge on any atom is -0.342 e. The van der Waals surface area contributed by atoms with Crippen molar-refractivity contribution in [2.24, 2.45) is 0 Å². The monoisotopic (exact) mass is 229 g/mol. The van der Waals surface area contributed by atoms with Gasteiger partial charge in [0, 0.05) is 13.0 Å². The minimum absolute atomic E-state index is 1.04. The molecular formula is C14H19N3. The van der Waals surface area contributed by atoms with Crippen molar-refractivity contribution < 1.29 is 0 Å².